The summed E-state index contributed by atoms with van der Waals surface area (Å²) in [4.78, 5) is 0. The molecule has 2 atom stereocenters. The molecule has 1 fully saturated rings. The Balaban J connectivity index is 2.28. The number of rotatable bonds is 5. The molecule has 0 radical (unpaired) electrons. The molecule has 3 nitrogen and oxygen atoms in total. The maximum absolute atomic E-state index is 10.4. The predicted molar refractivity (Wildman–Crippen MR) is 66.4 cm³/mol. The van der Waals surface area contributed by atoms with Crippen LogP contribution in [-0.4, -0.2) is 34.5 Å². The zero-order valence-electron chi connectivity index (χ0n) is 10.7. The van der Waals surface area contributed by atoms with E-state index in [0.29, 0.717) is 6.54 Å². The maximum Gasteiger partial charge on any atom is 0.0771 e. The van der Waals surface area contributed by atoms with E-state index in [2.05, 4.69) is 12.2 Å². The van der Waals surface area contributed by atoms with Crippen LogP contribution >= 0.6 is 0 Å². The Morgan fingerprint density at radius 1 is 1.12 bits per heavy atom. The lowest BCUT2D eigenvalue weighted by atomic mass is 9.94. The van der Waals surface area contributed by atoms with Crippen molar-refractivity contribution in [1.82, 2.24) is 5.32 Å². The average Bonchev–Trinajstić information content (AvgIpc) is 2.40. The smallest absolute Gasteiger partial charge is 0.0771 e. The highest BCUT2D eigenvalue weighted by atomic mass is 16.3. The summed E-state index contributed by atoms with van der Waals surface area (Å²) in [5, 5.41) is 23.0. The van der Waals surface area contributed by atoms with E-state index in [1.165, 1.54) is 12.8 Å². The molecular formula is C13H27NO2. The third-order valence-electron chi connectivity index (χ3n) is 3.51. The van der Waals surface area contributed by atoms with Gasteiger partial charge in [-0.3, -0.25) is 0 Å². The summed E-state index contributed by atoms with van der Waals surface area (Å²) in [7, 11) is 0. The van der Waals surface area contributed by atoms with E-state index in [9.17, 15) is 10.2 Å². The first-order valence-corrected chi connectivity index (χ1v) is 6.66. The van der Waals surface area contributed by atoms with E-state index in [1.54, 1.807) is 6.92 Å². The van der Waals surface area contributed by atoms with Crippen molar-refractivity contribution >= 4 is 0 Å². The Kier molecular flexibility index (Phi) is 5.73. The Bertz CT molecular complexity index is 186. The molecule has 3 N–H and O–H groups in total. The van der Waals surface area contributed by atoms with Gasteiger partial charge in [-0.15, -0.1) is 0 Å². The number of hydrogen-bond donors (Lipinski definition) is 3. The summed E-state index contributed by atoms with van der Waals surface area (Å²) in [5.74, 6) is 0. The summed E-state index contributed by atoms with van der Waals surface area (Å²) in [6, 6.07) is 0.271. The van der Waals surface area contributed by atoms with E-state index in [0.717, 1.165) is 32.1 Å². The van der Waals surface area contributed by atoms with Gasteiger partial charge in [-0.25, -0.2) is 0 Å². The van der Waals surface area contributed by atoms with Crippen molar-refractivity contribution < 1.29 is 10.2 Å². The van der Waals surface area contributed by atoms with Crippen LogP contribution in [0.4, 0.5) is 0 Å². The fourth-order valence-electron chi connectivity index (χ4n) is 2.52. The lowest BCUT2D eigenvalue weighted by Crippen LogP contribution is -2.44. The summed E-state index contributed by atoms with van der Waals surface area (Å²) >= 11 is 0. The van der Waals surface area contributed by atoms with Gasteiger partial charge in [0, 0.05) is 12.6 Å². The molecule has 1 aliphatic carbocycles. The highest BCUT2D eigenvalue weighted by molar-refractivity contribution is 4.84. The van der Waals surface area contributed by atoms with Gasteiger partial charge in [0.15, 0.2) is 0 Å². The first-order valence-electron chi connectivity index (χ1n) is 6.66. The molecule has 0 amide bonds. The van der Waals surface area contributed by atoms with Gasteiger partial charge < -0.3 is 15.5 Å². The van der Waals surface area contributed by atoms with Crippen molar-refractivity contribution in [3.63, 3.8) is 0 Å². The summed E-state index contributed by atoms with van der Waals surface area (Å²) < 4.78 is 0. The quantitative estimate of drug-likeness (QED) is 0.630. The monoisotopic (exact) mass is 229 g/mol. The van der Waals surface area contributed by atoms with Gasteiger partial charge in [0.05, 0.1) is 11.7 Å². The highest BCUT2D eigenvalue weighted by Gasteiger charge is 2.27. The molecule has 0 aromatic carbocycles. The van der Waals surface area contributed by atoms with Crippen LogP contribution in [0, 0.1) is 0 Å². The van der Waals surface area contributed by atoms with E-state index < -0.39 is 5.60 Å². The minimum atomic E-state index is -0.510. The van der Waals surface area contributed by atoms with Gasteiger partial charge in [0.1, 0.15) is 0 Å². The minimum Gasteiger partial charge on any atom is -0.393 e. The molecule has 0 saturated heterocycles. The van der Waals surface area contributed by atoms with Gasteiger partial charge in [0.25, 0.3) is 0 Å². The fourth-order valence-corrected chi connectivity index (χ4v) is 2.52. The number of hydrogen-bond acceptors (Lipinski definition) is 3. The molecule has 0 bridgehead atoms. The van der Waals surface area contributed by atoms with Crippen molar-refractivity contribution in [2.75, 3.05) is 6.54 Å². The molecule has 0 aliphatic heterocycles. The molecule has 0 aromatic rings. The molecule has 0 aromatic heterocycles. The van der Waals surface area contributed by atoms with Crippen molar-refractivity contribution in [2.45, 2.75) is 76.5 Å². The summed E-state index contributed by atoms with van der Waals surface area (Å²) in [5.41, 5.74) is -0.510. The lowest BCUT2D eigenvalue weighted by Gasteiger charge is -2.29. The van der Waals surface area contributed by atoms with Crippen LogP contribution in [0.1, 0.15) is 58.8 Å². The molecule has 16 heavy (non-hydrogen) atoms. The molecule has 2 unspecified atom stereocenters. The standard InChI is InChI=1S/C13H27NO2/c1-11(9-12(2)15)14-10-13(16)7-5-3-4-6-8-13/h11-12,14-16H,3-10H2,1-2H3. The number of nitrogens with one attached hydrogen (secondary N) is 1. The van der Waals surface area contributed by atoms with Gasteiger partial charge in [-0.2, -0.15) is 0 Å². The van der Waals surface area contributed by atoms with E-state index in [1.807, 2.05) is 0 Å². The maximum atomic E-state index is 10.4. The molecule has 0 spiro atoms. The minimum absolute atomic E-state index is 0.271. The molecule has 0 heterocycles. The van der Waals surface area contributed by atoms with E-state index >= 15 is 0 Å². The number of aliphatic hydroxyl groups is 2. The second-order valence-electron chi connectivity index (χ2n) is 5.51. The summed E-state index contributed by atoms with van der Waals surface area (Å²) in [6.07, 6.45) is 7.10. The van der Waals surface area contributed by atoms with Crippen LogP contribution in [0.15, 0.2) is 0 Å². The van der Waals surface area contributed by atoms with Crippen molar-refractivity contribution in [2.24, 2.45) is 0 Å². The topological polar surface area (TPSA) is 52.5 Å². The Morgan fingerprint density at radius 3 is 2.19 bits per heavy atom. The number of aliphatic hydroxyl groups excluding tert-OH is 1. The third-order valence-corrected chi connectivity index (χ3v) is 3.51. The van der Waals surface area contributed by atoms with Crippen LogP contribution < -0.4 is 5.32 Å². The average molecular weight is 229 g/mol. The second-order valence-corrected chi connectivity index (χ2v) is 5.51. The van der Waals surface area contributed by atoms with Crippen LogP contribution in [0.3, 0.4) is 0 Å². The van der Waals surface area contributed by atoms with Gasteiger partial charge in [-0.1, -0.05) is 25.7 Å². The summed E-state index contributed by atoms with van der Waals surface area (Å²) in [6.45, 7) is 4.53. The largest absolute Gasteiger partial charge is 0.393 e. The zero-order chi connectivity index (χ0) is 12.0. The van der Waals surface area contributed by atoms with Crippen molar-refractivity contribution in [3.05, 3.63) is 0 Å². The molecular weight excluding hydrogens is 202 g/mol. The molecule has 1 rings (SSSR count). The predicted octanol–water partition coefficient (Wildman–Crippen LogP) is 1.82. The Morgan fingerprint density at radius 2 is 1.69 bits per heavy atom. The van der Waals surface area contributed by atoms with Crippen molar-refractivity contribution in [3.8, 4) is 0 Å². The van der Waals surface area contributed by atoms with E-state index in [4.69, 9.17) is 0 Å². The SMILES string of the molecule is CC(O)CC(C)NCC1(O)CCCCCC1. The zero-order valence-corrected chi connectivity index (χ0v) is 10.7. The Labute approximate surface area is 99.3 Å². The van der Waals surface area contributed by atoms with Gasteiger partial charge in [-0.05, 0) is 33.1 Å². The first kappa shape index (κ1) is 13.9. The third kappa shape index (κ3) is 5.28. The van der Waals surface area contributed by atoms with Gasteiger partial charge >= 0.3 is 0 Å². The van der Waals surface area contributed by atoms with Crippen molar-refractivity contribution in [1.29, 1.82) is 0 Å². The Hall–Kier alpha value is -0.120. The van der Waals surface area contributed by atoms with Gasteiger partial charge in [0.2, 0.25) is 0 Å². The lowest BCUT2D eigenvalue weighted by molar-refractivity contribution is 0.0216. The molecule has 96 valence electrons. The van der Waals surface area contributed by atoms with Crippen LogP contribution in [0.25, 0.3) is 0 Å². The normalized spacial score (nSPS) is 24.8. The fraction of sp³-hybridized carbons (Fsp3) is 1.00. The van der Waals surface area contributed by atoms with Crippen LogP contribution in [0.2, 0.25) is 0 Å². The molecule has 1 saturated carbocycles. The molecule has 3 heteroatoms. The van der Waals surface area contributed by atoms with Crippen LogP contribution in [-0.2, 0) is 0 Å². The van der Waals surface area contributed by atoms with E-state index in [-0.39, 0.29) is 12.1 Å². The highest BCUT2D eigenvalue weighted by Crippen LogP contribution is 2.26. The second kappa shape index (κ2) is 6.58. The molecule has 1 aliphatic rings. The van der Waals surface area contributed by atoms with Crippen LogP contribution in [0.5, 0.6) is 0 Å². The first-order chi connectivity index (χ1) is 7.52.